The number of para-hydroxylation sites is 1. The van der Waals surface area contributed by atoms with E-state index in [0.717, 1.165) is 10.5 Å². The highest BCUT2D eigenvalue weighted by Crippen LogP contribution is 2.36. The number of nitrogens with zero attached hydrogens (tertiary/aromatic N) is 2. The summed E-state index contributed by atoms with van der Waals surface area (Å²) in [6.45, 7) is 1.53. The minimum absolute atomic E-state index is 0.0177. The van der Waals surface area contributed by atoms with Gasteiger partial charge in [-0.15, -0.1) is 0 Å². The third kappa shape index (κ3) is 3.87. The molecule has 0 radical (unpaired) electrons. The van der Waals surface area contributed by atoms with Crippen molar-refractivity contribution in [1.82, 2.24) is 4.90 Å². The summed E-state index contributed by atoms with van der Waals surface area (Å²) in [5.41, 5.74) is 2.29. The molecule has 0 saturated carbocycles. The van der Waals surface area contributed by atoms with Crippen LogP contribution in [-0.4, -0.2) is 50.3 Å². The molecule has 3 aromatic rings. The summed E-state index contributed by atoms with van der Waals surface area (Å²) < 4.78 is 33.5. The van der Waals surface area contributed by atoms with E-state index in [2.05, 4.69) is 0 Å². The van der Waals surface area contributed by atoms with Crippen LogP contribution in [0.5, 0.6) is 0 Å². The second kappa shape index (κ2) is 8.66. The van der Waals surface area contributed by atoms with E-state index in [9.17, 15) is 22.8 Å². The first-order valence-electron chi connectivity index (χ1n) is 11.1. The quantitative estimate of drug-likeness (QED) is 0.388. The number of imide groups is 1. The number of benzene rings is 3. The molecule has 0 aliphatic carbocycles. The Bertz CT molecular complexity index is 1430. The number of fused-ring (bicyclic) bond motifs is 2. The lowest BCUT2D eigenvalue weighted by Crippen LogP contribution is -2.35. The summed E-state index contributed by atoms with van der Waals surface area (Å²) >= 11 is 0. The van der Waals surface area contributed by atoms with Crippen molar-refractivity contribution >= 4 is 33.5 Å². The van der Waals surface area contributed by atoms with E-state index in [4.69, 9.17) is 4.74 Å². The van der Waals surface area contributed by atoms with E-state index >= 15 is 0 Å². The van der Waals surface area contributed by atoms with Crippen molar-refractivity contribution in [3.63, 3.8) is 0 Å². The predicted molar refractivity (Wildman–Crippen MR) is 128 cm³/mol. The summed E-state index contributed by atoms with van der Waals surface area (Å²) in [6, 6.07) is 19.3. The fraction of sp³-hybridized carbons (Fsp3) is 0.192. The number of ether oxygens (including phenoxy) is 1. The van der Waals surface area contributed by atoms with Gasteiger partial charge in [0.15, 0.2) is 0 Å². The van der Waals surface area contributed by atoms with Crippen LogP contribution in [0.3, 0.4) is 0 Å². The lowest BCUT2D eigenvalue weighted by molar-refractivity contribution is 0.0420. The Balaban J connectivity index is 1.29. The van der Waals surface area contributed by atoms with Crippen LogP contribution in [0.25, 0.3) is 0 Å². The van der Waals surface area contributed by atoms with Gasteiger partial charge in [-0.05, 0) is 55.3 Å². The zero-order chi connectivity index (χ0) is 24.7. The molecule has 0 bridgehead atoms. The van der Waals surface area contributed by atoms with E-state index < -0.39 is 27.8 Å². The molecule has 0 spiro atoms. The molecule has 9 heteroatoms. The lowest BCUT2D eigenvalue weighted by Gasteiger charge is -2.24. The summed E-state index contributed by atoms with van der Waals surface area (Å²) in [4.78, 5) is 38.5. The van der Waals surface area contributed by atoms with Gasteiger partial charge in [-0.1, -0.05) is 36.4 Å². The Labute approximate surface area is 202 Å². The standard InChI is InChI=1S/C26H22N2O6S/c1-17-15-18-7-2-5-12-23(18)28(17)35(32,33)20-9-6-8-19(16-20)26(31)34-14-13-27-24(29)21-10-3-4-11-22(21)25(27)30/h2-12,16-17H,13-15H2,1H3. The fourth-order valence-corrected chi connectivity index (χ4v) is 6.29. The smallest absolute Gasteiger partial charge is 0.338 e. The number of carbonyl (C=O) groups excluding carboxylic acids is 3. The molecule has 2 aliphatic heterocycles. The van der Waals surface area contributed by atoms with E-state index in [0.29, 0.717) is 23.2 Å². The van der Waals surface area contributed by atoms with Gasteiger partial charge < -0.3 is 4.74 Å². The van der Waals surface area contributed by atoms with Gasteiger partial charge in [0, 0.05) is 6.04 Å². The largest absolute Gasteiger partial charge is 0.460 e. The van der Waals surface area contributed by atoms with Crippen molar-refractivity contribution in [2.75, 3.05) is 17.5 Å². The second-order valence-electron chi connectivity index (χ2n) is 8.45. The normalized spacial score (nSPS) is 16.9. The van der Waals surface area contributed by atoms with E-state index in [1.807, 2.05) is 19.1 Å². The molecular formula is C26H22N2O6S. The number of carbonyl (C=O) groups is 3. The van der Waals surface area contributed by atoms with Crippen LogP contribution >= 0.6 is 0 Å². The van der Waals surface area contributed by atoms with E-state index in [1.54, 1.807) is 36.4 Å². The molecule has 5 rings (SSSR count). The average molecular weight is 491 g/mol. The van der Waals surface area contributed by atoms with Crippen molar-refractivity contribution in [1.29, 1.82) is 0 Å². The van der Waals surface area contributed by atoms with Crippen molar-refractivity contribution in [2.24, 2.45) is 0 Å². The summed E-state index contributed by atoms with van der Waals surface area (Å²) in [6.07, 6.45) is 0.606. The van der Waals surface area contributed by atoms with Crippen LogP contribution in [0, 0.1) is 0 Å². The zero-order valence-electron chi connectivity index (χ0n) is 18.9. The first-order chi connectivity index (χ1) is 16.8. The van der Waals surface area contributed by atoms with E-state index in [-0.39, 0.29) is 29.7 Å². The number of anilines is 1. The molecule has 0 saturated heterocycles. The van der Waals surface area contributed by atoms with Gasteiger partial charge in [-0.2, -0.15) is 0 Å². The molecule has 1 unspecified atom stereocenters. The number of sulfonamides is 1. The van der Waals surface area contributed by atoms with Gasteiger partial charge in [0.1, 0.15) is 6.61 Å². The molecule has 2 amide bonds. The van der Waals surface area contributed by atoms with Crippen LogP contribution in [0.1, 0.15) is 43.6 Å². The maximum atomic E-state index is 13.4. The molecule has 0 aromatic heterocycles. The highest BCUT2D eigenvalue weighted by atomic mass is 32.2. The molecule has 2 heterocycles. The van der Waals surface area contributed by atoms with Crippen LogP contribution in [0.2, 0.25) is 0 Å². The molecule has 3 aromatic carbocycles. The van der Waals surface area contributed by atoms with Crippen molar-refractivity contribution in [3.05, 3.63) is 95.1 Å². The average Bonchev–Trinajstić information content (AvgIpc) is 3.33. The van der Waals surface area contributed by atoms with Gasteiger partial charge in [-0.3, -0.25) is 18.8 Å². The monoisotopic (exact) mass is 490 g/mol. The number of hydrogen-bond acceptors (Lipinski definition) is 6. The number of amides is 2. The maximum Gasteiger partial charge on any atom is 0.338 e. The lowest BCUT2D eigenvalue weighted by atomic mass is 10.1. The maximum absolute atomic E-state index is 13.4. The minimum atomic E-state index is -3.91. The molecule has 178 valence electrons. The zero-order valence-corrected chi connectivity index (χ0v) is 19.7. The van der Waals surface area contributed by atoms with Gasteiger partial charge in [0.25, 0.3) is 21.8 Å². The molecule has 35 heavy (non-hydrogen) atoms. The number of hydrogen-bond donors (Lipinski definition) is 0. The molecule has 0 fully saturated rings. The molecule has 2 aliphatic rings. The summed E-state index contributed by atoms with van der Waals surface area (Å²) in [7, 11) is -3.91. The van der Waals surface area contributed by atoms with Gasteiger partial charge in [0.2, 0.25) is 0 Å². The Morgan fingerprint density at radius 3 is 2.31 bits per heavy atom. The summed E-state index contributed by atoms with van der Waals surface area (Å²) in [5, 5.41) is 0. The van der Waals surface area contributed by atoms with Crippen LogP contribution < -0.4 is 4.31 Å². The first-order valence-corrected chi connectivity index (χ1v) is 12.6. The Morgan fingerprint density at radius 1 is 0.943 bits per heavy atom. The van der Waals surface area contributed by atoms with Crippen molar-refractivity contribution in [2.45, 2.75) is 24.3 Å². The van der Waals surface area contributed by atoms with E-state index in [1.165, 1.54) is 28.6 Å². The SMILES string of the molecule is CC1Cc2ccccc2N1S(=O)(=O)c1cccc(C(=O)OCCN2C(=O)c3ccccc3C2=O)c1. The fourth-order valence-electron chi connectivity index (χ4n) is 4.56. The molecule has 8 nitrogen and oxygen atoms in total. The summed E-state index contributed by atoms with van der Waals surface area (Å²) in [5.74, 6) is -1.61. The molecule has 1 atom stereocenters. The van der Waals surface area contributed by atoms with Crippen molar-refractivity contribution in [3.8, 4) is 0 Å². The first kappa shape index (κ1) is 22.8. The molecular weight excluding hydrogens is 468 g/mol. The third-order valence-electron chi connectivity index (χ3n) is 6.20. The van der Waals surface area contributed by atoms with Crippen LogP contribution in [-0.2, 0) is 21.2 Å². The third-order valence-corrected chi connectivity index (χ3v) is 8.12. The number of rotatable bonds is 6. The van der Waals surface area contributed by atoms with Crippen LogP contribution in [0.4, 0.5) is 5.69 Å². The van der Waals surface area contributed by atoms with Gasteiger partial charge in [-0.25, -0.2) is 13.2 Å². The predicted octanol–water partition coefficient (Wildman–Crippen LogP) is 3.28. The van der Waals surface area contributed by atoms with Crippen LogP contribution in [0.15, 0.2) is 77.7 Å². The second-order valence-corrected chi connectivity index (χ2v) is 10.3. The highest BCUT2D eigenvalue weighted by molar-refractivity contribution is 7.92. The highest BCUT2D eigenvalue weighted by Gasteiger charge is 2.37. The minimum Gasteiger partial charge on any atom is -0.460 e. The van der Waals surface area contributed by atoms with Gasteiger partial charge in [0.05, 0.1) is 33.8 Å². The Kier molecular flexibility index (Phi) is 5.64. The number of esters is 1. The van der Waals surface area contributed by atoms with Gasteiger partial charge >= 0.3 is 5.97 Å². The molecule has 0 N–H and O–H groups in total. The Hall–Kier alpha value is -3.98. The Morgan fingerprint density at radius 2 is 1.60 bits per heavy atom. The van der Waals surface area contributed by atoms with Crippen molar-refractivity contribution < 1.29 is 27.5 Å². The topological polar surface area (TPSA) is 101 Å².